The first-order chi connectivity index (χ1) is 6.28. The van der Waals surface area contributed by atoms with Crippen LogP contribution in [0.3, 0.4) is 0 Å². The summed E-state index contributed by atoms with van der Waals surface area (Å²) in [5.41, 5.74) is 1.15. The average molecular weight is 178 g/mol. The monoisotopic (exact) mass is 178 g/mol. The molecule has 70 valence electrons. The lowest BCUT2D eigenvalue weighted by Crippen LogP contribution is -2.13. The van der Waals surface area contributed by atoms with Gasteiger partial charge >= 0.3 is 0 Å². The summed E-state index contributed by atoms with van der Waals surface area (Å²) in [6.07, 6.45) is 2.25. The SMILES string of the molecule is COCC1(c2ccccc2O)CC1. The van der Waals surface area contributed by atoms with Crippen LogP contribution < -0.4 is 0 Å². The quantitative estimate of drug-likeness (QED) is 0.767. The fourth-order valence-electron chi connectivity index (χ4n) is 1.84. The third-order valence-electron chi connectivity index (χ3n) is 2.75. The van der Waals surface area contributed by atoms with Crippen molar-refractivity contribution in [1.29, 1.82) is 0 Å². The van der Waals surface area contributed by atoms with E-state index in [1.165, 1.54) is 0 Å². The molecule has 0 unspecified atom stereocenters. The van der Waals surface area contributed by atoms with Gasteiger partial charge in [-0.3, -0.25) is 0 Å². The summed E-state index contributed by atoms with van der Waals surface area (Å²) in [5, 5.41) is 9.66. The third kappa shape index (κ3) is 1.42. The van der Waals surface area contributed by atoms with Gasteiger partial charge in [-0.1, -0.05) is 18.2 Å². The van der Waals surface area contributed by atoms with Crippen molar-refractivity contribution in [3.05, 3.63) is 29.8 Å². The van der Waals surface area contributed by atoms with Gasteiger partial charge in [-0.25, -0.2) is 0 Å². The second kappa shape index (κ2) is 3.04. The molecule has 1 N–H and O–H groups in total. The number of methoxy groups -OCH3 is 1. The minimum Gasteiger partial charge on any atom is -0.508 e. The number of para-hydroxylation sites is 1. The van der Waals surface area contributed by atoms with Gasteiger partial charge < -0.3 is 9.84 Å². The van der Waals surface area contributed by atoms with Gasteiger partial charge in [-0.15, -0.1) is 0 Å². The van der Waals surface area contributed by atoms with E-state index in [-0.39, 0.29) is 5.41 Å². The summed E-state index contributed by atoms with van der Waals surface area (Å²) in [6.45, 7) is 0.713. The van der Waals surface area contributed by atoms with E-state index in [4.69, 9.17) is 4.74 Å². The fourth-order valence-corrected chi connectivity index (χ4v) is 1.84. The van der Waals surface area contributed by atoms with Gasteiger partial charge in [0.2, 0.25) is 0 Å². The van der Waals surface area contributed by atoms with E-state index in [2.05, 4.69) is 0 Å². The van der Waals surface area contributed by atoms with Crippen molar-refractivity contribution in [2.24, 2.45) is 0 Å². The molecule has 1 aliphatic carbocycles. The molecule has 1 aromatic rings. The van der Waals surface area contributed by atoms with Gasteiger partial charge in [-0.05, 0) is 18.9 Å². The average Bonchev–Trinajstić information content (AvgIpc) is 2.87. The molecule has 0 atom stereocenters. The molecule has 0 saturated heterocycles. The second-order valence-electron chi connectivity index (χ2n) is 3.73. The first kappa shape index (κ1) is 8.57. The van der Waals surface area contributed by atoms with Crippen LogP contribution in [0.1, 0.15) is 18.4 Å². The summed E-state index contributed by atoms with van der Waals surface area (Å²) in [6, 6.07) is 7.54. The first-order valence-electron chi connectivity index (χ1n) is 4.56. The molecule has 1 aliphatic rings. The fraction of sp³-hybridized carbons (Fsp3) is 0.455. The summed E-state index contributed by atoms with van der Waals surface area (Å²) in [7, 11) is 1.71. The zero-order chi connectivity index (χ0) is 9.31. The van der Waals surface area contributed by atoms with Crippen molar-refractivity contribution in [3.63, 3.8) is 0 Å². The number of phenols is 1. The van der Waals surface area contributed by atoms with Crippen molar-refractivity contribution in [3.8, 4) is 5.75 Å². The van der Waals surface area contributed by atoms with E-state index in [0.717, 1.165) is 18.4 Å². The number of aromatic hydroxyl groups is 1. The van der Waals surface area contributed by atoms with Crippen LogP contribution in [0.4, 0.5) is 0 Å². The van der Waals surface area contributed by atoms with Crippen molar-refractivity contribution in [2.75, 3.05) is 13.7 Å². The van der Waals surface area contributed by atoms with Crippen LogP contribution in [0.5, 0.6) is 5.75 Å². The van der Waals surface area contributed by atoms with E-state index >= 15 is 0 Å². The number of ether oxygens (including phenoxy) is 1. The largest absolute Gasteiger partial charge is 0.508 e. The Labute approximate surface area is 78.2 Å². The molecule has 0 spiro atoms. The minimum absolute atomic E-state index is 0.111. The Kier molecular flexibility index (Phi) is 2.00. The van der Waals surface area contributed by atoms with E-state index < -0.39 is 0 Å². The molecule has 0 aromatic heterocycles. The second-order valence-corrected chi connectivity index (χ2v) is 3.73. The van der Waals surface area contributed by atoms with Gasteiger partial charge in [0.25, 0.3) is 0 Å². The van der Waals surface area contributed by atoms with Crippen LogP contribution in [0.25, 0.3) is 0 Å². The molecule has 0 aliphatic heterocycles. The normalized spacial score (nSPS) is 18.5. The van der Waals surface area contributed by atoms with Crippen LogP contribution in [0, 0.1) is 0 Å². The van der Waals surface area contributed by atoms with Gasteiger partial charge in [0.15, 0.2) is 0 Å². The molecular weight excluding hydrogens is 164 g/mol. The molecule has 13 heavy (non-hydrogen) atoms. The highest BCUT2D eigenvalue weighted by Gasteiger charge is 2.45. The highest BCUT2D eigenvalue weighted by Crippen LogP contribution is 2.50. The van der Waals surface area contributed by atoms with Crippen LogP contribution in [-0.2, 0) is 10.2 Å². The molecule has 2 rings (SSSR count). The Hall–Kier alpha value is -1.02. The smallest absolute Gasteiger partial charge is 0.119 e. The van der Waals surface area contributed by atoms with Crippen LogP contribution in [-0.4, -0.2) is 18.8 Å². The van der Waals surface area contributed by atoms with E-state index in [9.17, 15) is 5.11 Å². The molecule has 1 fully saturated rings. The standard InChI is InChI=1S/C11H14O2/c1-13-8-11(6-7-11)9-4-2-3-5-10(9)12/h2-5,12H,6-8H2,1H3. The van der Waals surface area contributed by atoms with Gasteiger partial charge in [-0.2, -0.15) is 0 Å². The summed E-state index contributed by atoms with van der Waals surface area (Å²) >= 11 is 0. The first-order valence-corrected chi connectivity index (χ1v) is 4.56. The van der Waals surface area contributed by atoms with Crippen molar-refractivity contribution in [2.45, 2.75) is 18.3 Å². The number of phenolic OH excluding ortho intramolecular Hbond substituents is 1. The Bertz CT molecular complexity index is 303. The maximum atomic E-state index is 9.66. The van der Waals surface area contributed by atoms with E-state index in [1.807, 2.05) is 18.2 Å². The molecule has 0 radical (unpaired) electrons. The van der Waals surface area contributed by atoms with Crippen LogP contribution in [0.15, 0.2) is 24.3 Å². The van der Waals surface area contributed by atoms with E-state index in [1.54, 1.807) is 13.2 Å². The lowest BCUT2D eigenvalue weighted by Gasteiger charge is -2.15. The van der Waals surface area contributed by atoms with Gasteiger partial charge in [0.05, 0.1) is 6.61 Å². The Morgan fingerprint density at radius 2 is 2.08 bits per heavy atom. The van der Waals surface area contributed by atoms with Gasteiger partial charge in [0, 0.05) is 18.1 Å². The molecule has 1 saturated carbocycles. The molecule has 0 amide bonds. The number of rotatable bonds is 3. The number of hydrogen-bond acceptors (Lipinski definition) is 2. The minimum atomic E-state index is 0.111. The summed E-state index contributed by atoms with van der Waals surface area (Å²) < 4.78 is 5.17. The molecule has 0 heterocycles. The number of benzene rings is 1. The summed E-state index contributed by atoms with van der Waals surface area (Å²) in [4.78, 5) is 0. The lowest BCUT2D eigenvalue weighted by atomic mass is 9.96. The molecule has 2 heteroatoms. The highest BCUT2D eigenvalue weighted by molar-refractivity contribution is 5.42. The zero-order valence-corrected chi connectivity index (χ0v) is 7.79. The predicted molar refractivity (Wildman–Crippen MR) is 50.9 cm³/mol. The van der Waals surface area contributed by atoms with Crippen LogP contribution >= 0.6 is 0 Å². The maximum absolute atomic E-state index is 9.66. The van der Waals surface area contributed by atoms with Crippen molar-refractivity contribution in [1.82, 2.24) is 0 Å². The Morgan fingerprint density at radius 3 is 2.62 bits per heavy atom. The molecule has 0 bridgehead atoms. The third-order valence-corrected chi connectivity index (χ3v) is 2.75. The zero-order valence-electron chi connectivity index (χ0n) is 7.79. The maximum Gasteiger partial charge on any atom is 0.119 e. The Balaban J connectivity index is 2.30. The predicted octanol–water partition coefficient (Wildman–Crippen LogP) is 2.07. The van der Waals surface area contributed by atoms with E-state index in [0.29, 0.717) is 12.4 Å². The molecule has 2 nitrogen and oxygen atoms in total. The Morgan fingerprint density at radius 1 is 1.38 bits per heavy atom. The summed E-state index contributed by atoms with van der Waals surface area (Å²) in [5.74, 6) is 0.400. The van der Waals surface area contributed by atoms with Crippen LogP contribution in [0.2, 0.25) is 0 Å². The van der Waals surface area contributed by atoms with Gasteiger partial charge in [0.1, 0.15) is 5.75 Å². The highest BCUT2D eigenvalue weighted by atomic mass is 16.5. The number of hydrogen-bond donors (Lipinski definition) is 1. The van der Waals surface area contributed by atoms with Crippen molar-refractivity contribution >= 4 is 0 Å². The molecular formula is C11H14O2. The lowest BCUT2D eigenvalue weighted by molar-refractivity contribution is 0.170. The molecule has 1 aromatic carbocycles. The van der Waals surface area contributed by atoms with Crippen molar-refractivity contribution < 1.29 is 9.84 Å². The topological polar surface area (TPSA) is 29.5 Å².